The summed E-state index contributed by atoms with van der Waals surface area (Å²) in [6, 6.07) is 0. The molecule has 1 heteroatoms. The van der Waals surface area contributed by atoms with E-state index in [0.717, 1.165) is 0 Å². The van der Waals surface area contributed by atoms with E-state index in [0.29, 0.717) is 5.92 Å². The van der Waals surface area contributed by atoms with Gasteiger partial charge < -0.3 is 0 Å². The van der Waals surface area contributed by atoms with E-state index in [-0.39, 0.29) is 21.7 Å². The Labute approximate surface area is 84.6 Å². The Morgan fingerprint density at radius 3 is 1.18 bits per heavy atom. The monoisotopic (exact) mass is 184 g/mol. The van der Waals surface area contributed by atoms with Crippen molar-refractivity contribution < 1.29 is 21.7 Å². The summed E-state index contributed by atoms with van der Waals surface area (Å²) < 4.78 is 0. The van der Waals surface area contributed by atoms with Crippen LogP contribution < -0.4 is 0 Å². The van der Waals surface area contributed by atoms with E-state index in [1.165, 1.54) is 11.1 Å². The second-order valence-corrected chi connectivity index (χ2v) is 3.34. The Balaban J connectivity index is 0.000001000. The average Bonchev–Trinajstić information content (AvgIpc) is 2.07. The van der Waals surface area contributed by atoms with Gasteiger partial charge in [0.05, 0.1) is 0 Å². The van der Waals surface area contributed by atoms with Gasteiger partial charge in [-0.1, -0.05) is 18.1 Å². The van der Waals surface area contributed by atoms with Gasteiger partial charge in [0.25, 0.3) is 0 Å². The fraction of sp³-hybridized carbons (Fsp3) is 0.600. The molecular formula is C10H16Ti. The van der Waals surface area contributed by atoms with Gasteiger partial charge in [0.1, 0.15) is 0 Å². The molecule has 0 saturated heterocycles. The zero-order valence-corrected chi connectivity index (χ0v) is 9.64. The minimum absolute atomic E-state index is 0. The fourth-order valence-electron chi connectivity index (χ4n) is 1.57. The predicted octanol–water partition coefficient (Wildman–Crippen LogP) is 3.31. The first-order chi connectivity index (χ1) is 4.55. The summed E-state index contributed by atoms with van der Waals surface area (Å²) in [7, 11) is 0. The molecule has 0 aliphatic heterocycles. The molecule has 0 bridgehead atoms. The number of rotatable bonds is 0. The maximum absolute atomic E-state index is 2.28. The van der Waals surface area contributed by atoms with Gasteiger partial charge in [0.15, 0.2) is 0 Å². The summed E-state index contributed by atoms with van der Waals surface area (Å²) in [6.07, 6.45) is 0. The second-order valence-electron chi connectivity index (χ2n) is 3.34. The summed E-state index contributed by atoms with van der Waals surface area (Å²) in [5.74, 6) is 0.694. The van der Waals surface area contributed by atoms with Crippen LogP contribution in [0.5, 0.6) is 0 Å². The molecule has 1 aliphatic rings. The SMILES string of the molecule is CC1=C(C)C(C)C(C)=C1C.[Ti]. The Hall–Kier alpha value is 0.194. The van der Waals surface area contributed by atoms with E-state index in [9.17, 15) is 0 Å². The Bertz CT molecular complexity index is 197. The van der Waals surface area contributed by atoms with Crippen LogP contribution in [0, 0.1) is 5.92 Å². The molecule has 60 valence electrons. The first-order valence-electron chi connectivity index (χ1n) is 3.90. The Morgan fingerprint density at radius 2 is 1.09 bits per heavy atom. The van der Waals surface area contributed by atoms with Gasteiger partial charge in [-0.2, -0.15) is 0 Å². The summed E-state index contributed by atoms with van der Waals surface area (Å²) in [5.41, 5.74) is 6.11. The minimum Gasteiger partial charge on any atom is -0.0632 e. The van der Waals surface area contributed by atoms with Crippen molar-refractivity contribution in [2.45, 2.75) is 34.6 Å². The van der Waals surface area contributed by atoms with Crippen LogP contribution in [0.4, 0.5) is 0 Å². The number of hydrogen-bond acceptors (Lipinski definition) is 0. The molecule has 0 aromatic heterocycles. The molecule has 0 fully saturated rings. The van der Waals surface area contributed by atoms with E-state index in [1.54, 1.807) is 11.1 Å². The third-order valence-corrected chi connectivity index (χ3v) is 3.04. The molecule has 0 nitrogen and oxygen atoms in total. The molecule has 1 rings (SSSR count). The average molecular weight is 184 g/mol. The van der Waals surface area contributed by atoms with Crippen LogP contribution in [-0.2, 0) is 21.7 Å². The molecule has 0 amide bonds. The molecule has 0 saturated carbocycles. The first-order valence-corrected chi connectivity index (χ1v) is 3.90. The van der Waals surface area contributed by atoms with E-state index in [1.807, 2.05) is 0 Å². The molecule has 0 aromatic rings. The smallest absolute Gasteiger partial charge is 0 e. The van der Waals surface area contributed by atoms with Crippen molar-refractivity contribution >= 4 is 0 Å². The van der Waals surface area contributed by atoms with Gasteiger partial charge >= 0.3 is 0 Å². The second kappa shape index (κ2) is 3.73. The molecule has 0 aromatic carbocycles. The van der Waals surface area contributed by atoms with E-state index in [2.05, 4.69) is 34.6 Å². The van der Waals surface area contributed by atoms with Crippen molar-refractivity contribution in [1.29, 1.82) is 0 Å². The Morgan fingerprint density at radius 1 is 0.818 bits per heavy atom. The molecule has 0 heterocycles. The van der Waals surface area contributed by atoms with Gasteiger partial charge in [0, 0.05) is 21.7 Å². The maximum Gasteiger partial charge on any atom is 0 e. The van der Waals surface area contributed by atoms with Gasteiger partial charge in [-0.05, 0) is 44.8 Å². The summed E-state index contributed by atoms with van der Waals surface area (Å²) in [5, 5.41) is 0. The predicted molar refractivity (Wildman–Crippen MR) is 45.9 cm³/mol. The molecule has 0 unspecified atom stereocenters. The van der Waals surface area contributed by atoms with Crippen LogP contribution in [0.2, 0.25) is 0 Å². The largest absolute Gasteiger partial charge is 0.0632 e. The van der Waals surface area contributed by atoms with Crippen molar-refractivity contribution in [3.8, 4) is 0 Å². The zero-order valence-electron chi connectivity index (χ0n) is 8.08. The van der Waals surface area contributed by atoms with Crippen LogP contribution in [0.1, 0.15) is 34.6 Å². The number of allylic oxidation sites excluding steroid dienone is 4. The molecule has 11 heavy (non-hydrogen) atoms. The van der Waals surface area contributed by atoms with Crippen molar-refractivity contribution in [3.63, 3.8) is 0 Å². The van der Waals surface area contributed by atoms with Crippen molar-refractivity contribution in [2.75, 3.05) is 0 Å². The molecule has 0 radical (unpaired) electrons. The fourth-order valence-corrected chi connectivity index (χ4v) is 1.57. The van der Waals surface area contributed by atoms with Crippen molar-refractivity contribution in [3.05, 3.63) is 22.3 Å². The quantitative estimate of drug-likeness (QED) is 0.506. The van der Waals surface area contributed by atoms with Gasteiger partial charge in [-0.3, -0.25) is 0 Å². The van der Waals surface area contributed by atoms with Crippen molar-refractivity contribution in [1.82, 2.24) is 0 Å². The van der Waals surface area contributed by atoms with Crippen molar-refractivity contribution in [2.24, 2.45) is 5.92 Å². The zero-order chi connectivity index (χ0) is 7.89. The minimum atomic E-state index is 0. The first kappa shape index (κ1) is 11.2. The molecule has 0 N–H and O–H groups in total. The van der Waals surface area contributed by atoms with Crippen LogP contribution >= 0.6 is 0 Å². The van der Waals surface area contributed by atoms with Gasteiger partial charge in [-0.25, -0.2) is 0 Å². The maximum atomic E-state index is 2.28. The summed E-state index contributed by atoms with van der Waals surface area (Å²) in [6.45, 7) is 11.2. The van der Waals surface area contributed by atoms with Crippen LogP contribution in [0.3, 0.4) is 0 Å². The summed E-state index contributed by atoms with van der Waals surface area (Å²) in [4.78, 5) is 0. The van der Waals surface area contributed by atoms with E-state index >= 15 is 0 Å². The topological polar surface area (TPSA) is 0 Å². The molecular weight excluding hydrogens is 168 g/mol. The standard InChI is InChI=1S/C10H16.Ti/c1-6-7(2)9(4)10(5)8(6)3;/h6H,1-5H3;. The van der Waals surface area contributed by atoms with Crippen LogP contribution in [-0.4, -0.2) is 0 Å². The molecule has 1 aliphatic carbocycles. The normalized spacial score (nSPS) is 19.4. The van der Waals surface area contributed by atoms with Crippen LogP contribution in [0.25, 0.3) is 0 Å². The van der Waals surface area contributed by atoms with Gasteiger partial charge in [0.2, 0.25) is 0 Å². The third-order valence-electron chi connectivity index (χ3n) is 3.04. The third kappa shape index (κ3) is 1.68. The van der Waals surface area contributed by atoms with Gasteiger partial charge in [-0.15, -0.1) is 0 Å². The van der Waals surface area contributed by atoms with Crippen LogP contribution in [0.15, 0.2) is 22.3 Å². The number of hydrogen-bond donors (Lipinski definition) is 0. The molecule has 0 atom stereocenters. The summed E-state index contributed by atoms with van der Waals surface area (Å²) >= 11 is 0. The van der Waals surface area contributed by atoms with E-state index < -0.39 is 0 Å². The Kier molecular flexibility index (Phi) is 3.80. The molecule has 0 spiro atoms. The van der Waals surface area contributed by atoms with E-state index in [4.69, 9.17) is 0 Å².